The van der Waals surface area contributed by atoms with E-state index in [2.05, 4.69) is 23.1 Å². The van der Waals surface area contributed by atoms with Crippen LogP contribution in [0.2, 0.25) is 0 Å². The summed E-state index contributed by atoms with van der Waals surface area (Å²) in [5.41, 5.74) is 1.33. The van der Waals surface area contributed by atoms with Crippen LogP contribution in [-0.2, 0) is 6.42 Å². The lowest BCUT2D eigenvalue weighted by Crippen LogP contribution is -2.52. The fourth-order valence-electron chi connectivity index (χ4n) is 3.49. The number of rotatable bonds is 2. The average molecular weight is 317 g/mol. The van der Waals surface area contributed by atoms with E-state index in [-0.39, 0.29) is 6.03 Å². The normalized spacial score (nSPS) is 22.0. The summed E-state index contributed by atoms with van der Waals surface area (Å²) in [5.74, 6) is 1.69. The van der Waals surface area contributed by atoms with Gasteiger partial charge in [-0.25, -0.2) is 4.79 Å². The van der Waals surface area contributed by atoms with Gasteiger partial charge in [0.05, 0.1) is 6.61 Å². The molecule has 0 N–H and O–H groups in total. The van der Waals surface area contributed by atoms with E-state index in [1.807, 2.05) is 25.1 Å². The molecule has 2 aliphatic heterocycles. The highest BCUT2D eigenvalue weighted by atomic mass is 16.5. The van der Waals surface area contributed by atoms with Gasteiger partial charge in [-0.3, -0.25) is 4.90 Å². The van der Waals surface area contributed by atoms with E-state index < -0.39 is 0 Å². The van der Waals surface area contributed by atoms with Gasteiger partial charge >= 0.3 is 6.03 Å². The Morgan fingerprint density at radius 1 is 1.22 bits per heavy atom. The molecule has 2 aliphatic rings. The number of piperazine rings is 1. The van der Waals surface area contributed by atoms with Crippen molar-refractivity contribution in [1.29, 1.82) is 0 Å². The number of urea groups is 1. The molecular formula is C18H27N3O2. The van der Waals surface area contributed by atoms with E-state index in [0.29, 0.717) is 5.92 Å². The minimum atomic E-state index is 0.126. The SMILES string of the molecule is CN(C)C(=O)N1CCN(C[C@H]2CCOc3ccccc3C2)CC1. The highest BCUT2D eigenvalue weighted by Gasteiger charge is 2.25. The molecule has 3 rings (SSSR count). The number of benzene rings is 1. The van der Waals surface area contributed by atoms with Crippen LogP contribution in [-0.4, -0.2) is 74.2 Å². The first-order valence-corrected chi connectivity index (χ1v) is 8.53. The molecule has 0 aromatic heterocycles. The first-order chi connectivity index (χ1) is 11.1. The van der Waals surface area contributed by atoms with Crippen molar-refractivity contribution in [3.8, 4) is 5.75 Å². The number of amides is 2. The van der Waals surface area contributed by atoms with Crippen LogP contribution in [0.25, 0.3) is 0 Å². The van der Waals surface area contributed by atoms with Gasteiger partial charge in [-0.15, -0.1) is 0 Å². The van der Waals surface area contributed by atoms with Crippen molar-refractivity contribution in [2.75, 3.05) is 53.4 Å². The van der Waals surface area contributed by atoms with E-state index in [0.717, 1.165) is 57.9 Å². The molecule has 5 nitrogen and oxygen atoms in total. The lowest BCUT2D eigenvalue weighted by molar-refractivity contribution is 0.111. The Labute approximate surface area is 138 Å². The van der Waals surface area contributed by atoms with Gasteiger partial charge in [-0.2, -0.15) is 0 Å². The molecule has 1 atom stereocenters. The number of para-hydroxylation sites is 1. The highest BCUT2D eigenvalue weighted by Crippen LogP contribution is 2.27. The summed E-state index contributed by atoms with van der Waals surface area (Å²) in [5, 5.41) is 0. The van der Waals surface area contributed by atoms with Crippen molar-refractivity contribution in [3.05, 3.63) is 29.8 Å². The number of carbonyl (C=O) groups is 1. The minimum Gasteiger partial charge on any atom is -0.493 e. The van der Waals surface area contributed by atoms with Crippen molar-refractivity contribution in [3.63, 3.8) is 0 Å². The summed E-state index contributed by atoms with van der Waals surface area (Å²) in [6.45, 7) is 5.51. The Balaban J connectivity index is 1.52. The van der Waals surface area contributed by atoms with Crippen molar-refractivity contribution < 1.29 is 9.53 Å². The number of carbonyl (C=O) groups excluding carboxylic acids is 1. The zero-order valence-electron chi connectivity index (χ0n) is 14.2. The Morgan fingerprint density at radius 3 is 2.70 bits per heavy atom. The topological polar surface area (TPSA) is 36.0 Å². The Morgan fingerprint density at radius 2 is 1.96 bits per heavy atom. The van der Waals surface area contributed by atoms with Gasteiger partial charge in [-0.1, -0.05) is 18.2 Å². The lowest BCUT2D eigenvalue weighted by atomic mass is 9.96. The Hall–Kier alpha value is -1.75. The largest absolute Gasteiger partial charge is 0.493 e. The van der Waals surface area contributed by atoms with E-state index >= 15 is 0 Å². The maximum Gasteiger partial charge on any atom is 0.319 e. The average Bonchev–Trinajstić information content (AvgIpc) is 2.76. The van der Waals surface area contributed by atoms with E-state index in [9.17, 15) is 4.79 Å². The molecule has 2 amide bonds. The zero-order valence-corrected chi connectivity index (χ0v) is 14.2. The maximum absolute atomic E-state index is 12.0. The van der Waals surface area contributed by atoms with Crippen molar-refractivity contribution in [1.82, 2.24) is 14.7 Å². The number of fused-ring (bicyclic) bond motifs is 1. The quantitative estimate of drug-likeness (QED) is 0.836. The maximum atomic E-state index is 12.0. The van der Waals surface area contributed by atoms with Crippen molar-refractivity contribution in [2.24, 2.45) is 5.92 Å². The molecule has 0 aliphatic carbocycles. The summed E-state index contributed by atoms with van der Waals surface area (Å²) < 4.78 is 5.87. The molecule has 0 saturated carbocycles. The summed E-state index contributed by atoms with van der Waals surface area (Å²) in [6, 6.07) is 8.52. The number of nitrogens with zero attached hydrogens (tertiary/aromatic N) is 3. The van der Waals surface area contributed by atoms with Crippen LogP contribution in [0.5, 0.6) is 5.75 Å². The second-order valence-electron chi connectivity index (χ2n) is 6.78. The minimum absolute atomic E-state index is 0.126. The molecule has 1 fully saturated rings. The Kier molecular flexibility index (Phi) is 5.06. The third-order valence-electron chi connectivity index (χ3n) is 4.81. The molecule has 0 unspecified atom stereocenters. The number of hydrogen-bond donors (Lipinski definition) is 0. The third kappa shape index (κ3) is 3.96. The standard InChI is InChI=1S/C18H27N3O2/c1-19(2)18(22)21-10-8-20(9-11-21)14-15-7-12-23-17-6-4-3-5-16(17)13-15/h3-6,15H,7-14H2,1-2H3/t15-/m0/s1. The van der Waals surface area contributed by atoms with Gasteiger partial charge < -0.3 is 14.5 Å². The van der Waals surface area contributed by atoms with Gasteiger partial charge in [0.25, 0.3) is 0 Å². The summed E-state index contributed by atoms with van der Waals surface area (Å²) >= 11 is 0. The van der Waals surface area contributed by atoms with Crippen LogP contribution in [0.15, 0.2) is 24.3 Å². The van der Waals surface area contributed by atoms with E-state index in [1.165, 1.54) is 5.56 Å². The van der Waals surface area contributed by atoms with E-state index in [1.54, 1.807) is 4.90 Å². The fourth-order valence-corrected chi connectivity index (χ4v) is 3.49. The highest BCUT2D eigenvalue weighted by molar-refractivity contribution is 5.73. The molecular weight excluding hydrogens is 290 g/mol. The van der Waals surface area contributed by atoms with Gasteiger partial charge in [0.15, 0.2) is 0 Å². The predicted molar refractivity (Wildman–Crippen MR) is 90.8 cm³/mol. The monoisotopic (exact) mass is 317 g/mol. The molecule has 1 saturated heterocycles. The molecule has 0 radical (unpaired) electrons. The Bertz CT molecular complexity index is 539. The van der Waals surface area contributed by atoms with E-state index in [4.69, 9.17) is 4.74 Å². The summed E-state index contributed by atoms with van der Waals surface area (Å²) in [7, 11) is 3.63. The van der Waals surface area contributed by atoms with Gasteiger partial charge in [0.2, 0.25) is 0 Å². The van der Waals surface area contributed by atoms with Crippen molar-refractivity contribution in [2.45, 2.75) is 12.8 Å². The lowest BCUT2D eigenvalue weighted by Gasteiger charge is -2.37. The molecule has 0 spiro atoms. The second kappa shape index (κ2) is 7.21. The molecule has 1 aromatic rings. The molecule has 23 heavy (non-hydrogen) atoms. The van der Waals surface area contributed by atoms with Gasteiger partial charge in [-0.05, 0) is 30.4 Å². The van der Waals surface area contributed by atoms with Crippen LogP contribution in [0.4, 0.5) is 4.79 Å². The van der Waals surface area contributed by atoms with Gasteiger partial charge in [0, 0.05) is 46.8 Å². The summed E-state index contributed by atoms with van der Waals surface area (Å²) in [6.07, 6.45) is 2.19. The van der Waals surface area contributed by atoms with Crippen molar-refractivity contribution >= 4 is 6.03 Å². The molecule has 1 aromatic carbocycles. The molecule has 0 bridgehead atoms. The predicted octanol–water partition coefficient (Wildman–Crippen LogP) is 1.93. The van der Waals surface area contributed by atoms with Crippen LogP contribution in [0.1, 0.15) is 12.0 Å². The number of hydrogen-bond acceptors (Lipinski definition) is 3. The zero-order chi connectivity index (χ0) is 16.2. The van der Waals surface area contributed by atoms with Crippen LogP contribution in [0.3, 0.4) is 0 Å². The molecule has 5 heteroatoms. The van der Waals surface area contributed by atoms with Gasteiger partial charge in [0.1, 0.15) is 5.75 Å². The number of ether oxygens (including phenoxy) is 1. The van der Waals surface area contributed by atoms with Crippen LogP contribution in [0, 0.1) is 5.92 Å². The molecule has 2 heterocycles. The fraction of sp³-hybridized carbons (Fsp3) is 0.611. The third-order valence-corrected chi connectivity index (χ3v) is 4.81. The first-order valence-electron chi connectivity index (χ1n) is 8.53. The molecule has 126 valence electrons. The summed E-state index contributed by atoms with van der Waals surface area (Å²) in [4.78, 5) is 18.1. The second-order valence-corrected chi connectivity index (χ2v) is 6.78. The van der Waals surface area contributed by atoms with Crippen LogP contribution < -0.4 is 4.74 Å². The smallest absolute Gasteiger partial charge is 0.319 e. The first kappa shape index (κ1) is 16.1. The van der Waals surface area contributed by atoms with Crippen LogP contribution >= 0.6 is 0 Å².